The van der Waals surface area contributed by atoms with Crippen molar-refractivity contribution >= 4 is 35.6 Å². The van der Waals surface area contributed by atoms with Crippen molar-refractivity contribution in [2.24, 2.45) is 5.41 Å². The van der Waals surface area contributed by atoms with E-state index < -0.39 is 40.1 Å². The van der Waals surface area contributed by atoms with Gasteiger partial charge in [-0.25, -0.2) is 14.4 Å². The molecule has 0 amide bonds. The quantitative estimate of drug-likeness (QED) is 0.0598. The smallest absolute Gasteiger partial charge is 0.338 e. The van der Waals surface area contributed by atoms with Crippen molar-refractivity contribution in [2.75, 3.05) is 0 Å². The Morgan fingerprint density at radius 3 is 1.32 bits per heavy atom. The van der Waals surface area contributed by atoms with Gasteiger partial charge >= 0.3 is 23.9 Å². The van der Waals surface area contributed by atoms with Gasteiger partial charge < -0.3 is 18.9 Å². The summed E-state index contributed by atoms with van der Waals surface area (Å²) in [6.45, 7) is 12.4. The molecule has 0 fully saturated rings. The molecule has 8 aromatic rings. The minimum Gasteiger partial charge on any atom is -0.426 e. The van der Waals surface area contributed by atoms with Gasteiger partial charge in [-0.1, -0.05) is 164 Å². The van der Waals surface area contributed by atoms with Crippen molar-refractivity contribution in [1.82, 2.24) is 0 Å². The number of fused-ring (bicyclic) bond motifs is 4. The van der Waals surface area contributed by atoms with E-state index in [9.17, 15) is 19.2 Å². The van der Waals surface area contributed by atoms with Crippen LogP contribution in [0.3, 0.4) is 0 Å². The summed E-state index contributed by atoms with van der Waals surface area (Å²) < 4.78 is 22.9. The fourth-order valence-electron chi connectivity index (χ4n) is 10.4. The summed E-state index contributed by atoms with van der Waals surface area (Å²) in [6, 6.07) is 63.8. The highest BCUT2D eigenvalue weighted by Crippen LogP contribution is 2.56. The summed E-state index contributed by atoms with van der Waals surface area (Å²) >= 11 is 1.72. The minimum atomic E-state index is -1.00. The predicted octanol–water partition coefficient (Wildman–Crippen LogP) is 13.9. The van der Waals surface area contributed by atoms with Gasteiger partial charge in [-0.05, 0) is 150 Å². The Kier molecular flexibility index (Phi) is 13.7. The fourth-order valence-corrected chi connectivity index (χ4v) is 11.6. The highest BCUT2D eigenvalue weighted by atomic mass is 32.2. The molecular weight excluding hydrogens is 953 g/mol. The van der Waals surface area contributed by atoms with Gasteiger partial charge in [-0.2, -0.15) is 0 Å². The van der Waals surface area contributed by atoms with Crippen molar-refractivity contribution in [2.45, 2.75) is 54.2 Å². The van der Waals surface area contributed by atoms with Crippen LogP contribution in [0, 0.1) is 5.41 Å². The summed E-state index contributed by atoms with van der Waals surface area (Å²) in [4.78, 5) is 53.8. The molecule has 0 spiro atoms. The van der Waals surface area contributed by atoms with Crippen molar-refractivity contribution in [3.63, 3.8) is 0 Å². The molecule has 1 aliphatic heterocycles. The second-order valence-electron chi connectivity index (χ2n) is 19.3. The Morgan fingerprint density at radius 2 is 0.880 bits per heavy atom. The van der Waals surface area contributed by atoms with E-state index in [1.807, 2.05) is 97.1 Å². The van der Waals surface area contributed by atoms with E-state index in [-0.39, 0.29) is 6.42 Å². The number of rotatable bonds is 14. The molecule has 8 nitrogen and oxygen atoms in total. The van der Waals surface area contributed by atoms with Gasteiger partial charge in [0.1, 0.15) is 23.0 Å². The van der Waals surface area contributed by atoms with Crippen LogP contribution in [0.5, 0.6) is 23.0 Å². The summed E-state index contributed by atoms with van der Waals surface area (Å²) in [5.74, 6) is -0.526. The Hall–Kier alpha value is -8.79. The van der Waals surface area contributed by atoms with E-state index in [1.54, 1.807) is 75.0 Å². The Labute approximate surface area is 441 Å². The number of benzene rings is 8. The largest absolute Gasteiger partial charge is 0.426 e. The average molecular weight is 1010 g/mol. The zero-order chi connectivity index (χ0) is 52.3. The number of ether oxygens (including phenoxy) is 4. The van der Waals surface area contributed by atoms with Crippen molar-refractivity contribution in [3.8, 4) is 23.0 Å². The topological polar surface area (TPSA) is 105 Å². The van der Waals surface area contributed by atoms with Gasteiger partial charge in [0, 0.05) is 27.5 Å². The number of esters is 4. The van der Waals surface area contributed by atoms with Crippen LogP contribution in [-0.2, 0) is 36.4 Å². The van der Waals surface area contributed by atoms with Crippen molar-refractivity contribution in [1.29, 1.82) is 0 Å². The first kappa shape index (κ1) is 49.8. The van der Waals surface area contributed by atoms with Gasteiger partial charge in [0.05, 0.1) is 16.2 Å². The molecule has 10 rings (SSSR count). The lowest BCUT2D eigenvalue weighted by atomic mass is 9.60. The van der Waals surface area contributed by atoms with E-state index in [0.29, 0.717) is 28.6 Å². The average Bonchev–Trinajstić information content (AvgIpc) is 3.43. The van der Waals surface area contributed by atoms with Crippen molar-refractivity contribution < 1.29 is 38.1 Å². The maximum absolute atomic E-state index is 13.8. The van der Waals surface area contributed by atoms with Crippen LogP contribution in [0.1, 0.15) is 82.8 Å². The monoisotopic (exact) mass is 1000 g/mol. The van der Waals surface area contributed by atoms with Crippen LogP contribution in [0.15, 0.2) is 241 Å². The third-order valence-corrected chi connectivity index (χ3v) is 15.1. The molecule has 1 heterocycles. The summed E-state index contributed by atoms with van der Waals surface area (Å²) in [7, 11) is 0. The molecule has 9 heteroatoms. The number of carbonyl (C=O) groups is 4. The van der Waals surface area contributed by atoms with Crippen LogP contribution in [0.25, 0.3) is 0 Å². The predicted molar refractivity (Wildman–Crippen MR) is 292 cm³/mol. The lowest BCUT2D eigenvalue weighted by Gasteiger charge is -2.42. The van der Waals surface area contributed by atoms with E-state index in [4.69, 9.17) is 18.9 Å². The molecule has 0 bridgehead atoms. The van der Waals surface area contributed by atoms with Crippen LogP contribution in [0.2, 0.25) is 0 Å². The van der Waals surface area contributed by atoms with Gasteiger partial charge in [0.2, 0.25) is 0 Å². The molecule has 1 aliphatic carbocycles. The molecule has 75 heavy (non-hydrogen) atoms. The van der Waals surface area contributed by atoms with Crippen LogP contribution >= 0.6 is 11.8 Å². The highest BCUT2D eigenvalue weighted by Gasteiger charge is 2.45. The van der Waals surface area contributed by atoms with E-state index in [0.717, 1.165) is 66.8 Å². The summed E-state index contributed by atoms with van der Waals surface area (Å²) in [5, 5.41) is 0. The maximum atomic E-state index is 13.8. The van der Waals surface area contributed by atoms with E-state index in [2.05, 4.69) is 73.8 Å². The molecule has 2 aliphatic rings. The Balaban J connectivity index is 0.856. The maximum Gasteiger partial charge on any atom is 0.338 e. The van der Waals surface area contributed by atoms with E-state index >= 15 is 0 Å². The zero-order valence-electron chi connectivity index (χ0n) is 41.7. The molecule has 0 saturated carbocycles. The number of allylic oxidation sites excluding steroid dienone is 1. The molecule has 0 aromatic heterocycles. The molecule has 0 N–H and O–H groups in total. The Bertz CT molecular complexity index is 3460. The SMILES string of the molecule is C=CC(=O)Oc1ccc(C2(c3ccc(OC(=O)/C=C/CC(C)(C)C(=O)Oc4ccc(C5(c6ccc(OC(=O)C(=C)C)cc6)c6ccccc6Sc6ccccc65)cc4)cc3)c3ccccc3Cc3ccccc32)cc1. The minimum absolute atomic E-state index is 0.205. The standard InChI is InChI=1S/C66H52O8S/c1-6-60(67)71-50-33-25-46(26-34-50)65(54-18-9-7-16-44(54)42-45-17-8-10-19-55(45)65)47-27-35-51(36-28-47)72-61(68)24-15-41-64(4,5)63(70)74-53-39-31-49(32-40-53)66(48-29-37-52(38-30-48)73-62(69)43(2)3)56-20-11-13-22-58(56)75-59-23-14-12-21-57(59)66/h6-40H,1-2,41-42H2,3-5H3/b24-15+. The number of hydrogen-bond acceptors (Lipinski definition) is 9. The van der Waals surface area contributed by atoms with Gasteiger partial charge in [0.25, 0.3) is 0 Å². The van der Waals surface area contributed by atoms with Gasteiger partial charge in [-0.15, -0.1) is 0 Å². The molecule has 370 valence electrons. The van der Waals surface area contributed by atoms with E-state index in [1.165, 1.54) is 17.2 Å². The molecular formula is C66H52O8S. The van der Waals surface area contributed by atoms with Crippen LogP contribution in [0.4, 0.5) is 0 Å². The van der Waals surface area contributed by atoms with Crippen LogP contribution < -0.4 is 18.9 Å². The number of hydrogen-bond donors (Lipinski definition) is 0. The lowest BCUT2D eigenvalue weighted by Crippen LogP contribution is -2.36. The van der Waals surface area contributed by atoms with Gasteiger partial charge in [0.15, 0.2) is 0 Å². The third kappa shape index (κ3) is 9.43. The molecule has 0 saturated heterocycles. The zero-order valence-corrected chi connectivity index (χ0v) is 42.5. The molecule has 0 atom stereocenters. The summed E-state index contributed by atoms with van der Waals surface area (Å²) in [5.41, 5.74) is 8.45. The lowest BCUT2D eigenvalue weighted by molar-refractivity contribution is -0.144. The first-order chi connectivity index (χ1) is 36.3. The molecule has 0 unspecified atom stereocenters. The summed E-state index contributed by atoms with van der Waals surface area (Å²) in [6.07, 6.45) is 5.08. The Morgan fingerprint density at radius 1 is 0.507 bits per heavy atom. The normalized spacial score (nSPS) is 13.7. The second-order valence-corrected chi connectivity index (χ2v) is 20.4. The van der Waals surface area contributed by atoms with Crippen molar-refractivity contribution in [3.05, 3.63) is 287 Å². The number of carbonyl (C=O) groups excluding carboxylic acids is 4. The first-order valence-electron chi connectivity index (χ1n) is 24.6. The van der Waals surface area contributed by atoms with Crippen LogP contribution in [-0.4, -0.2) is 23.9 Å². The molecule has 0 radical (unpaired) electrons. The fraction of sp³-hybridized carbons (Fsp3) is 0.121. The second kappa shape index (κ2) is 20.6. The first-order valence-corrected chi connectivity index (χ1v) is 25.4. The van der Waals surface area contributed by atoms with Gasteiger partial charge in [-0.3, -0.25) is 4.79 Å². The third-order valence-electron chi connectivity index (χ3n) is 14.0. The highest BCUT2D eigenvalue weighted by molar-refractivity contribution is 7.99. The molecule has 8 aromatic carbocycles.